The van der Waals surface area contributed by atoms with E-state index in [4.69, 9.17) is 21.1 Å². The molecule has 0 fully saturated rings. The summed E-state index contributed by atoms with van der Waals surface area (Å²) >= 11 is 5.74. The van der Waals surface area contributed by atoms with E-state index < -0.39 is 0 Å². The van der Waals surface area contributed by atoms with Gasteiger partial charge in [0.2, 0.25) is 0 Å². The zero-order valence-corrected chi connectivity index (χ0v) is 16.3. The van der Waals surface area contributed by atoms with Crippen molar-refractivity contribution in [3.8, 4) is 0 Å². The van der Waals surface area contributed by atoms with E-state index in [9.17, 15) is 4.79 Å². The van der Waals surface area contributed by atoms with Crippen LogP contribution in [0.3, 0.4) is 0 Å². The molecule has 0 bridgehead atoms. The number of esters is 1. The Morgan fingerprint density at radius 1 is 1.30 bits per heavy atom. The number of alkyl halides is 1. The fourth-order valence-electron chi connectivity index (χ4n) is 2.06. The third-order valence-corrected chi connectivity index (χ3v) is 3.87. The summed E-state index contributed by atoms with van der Waals surface area (Å²) < 4.78 is 10.4. The van der Waals surface area contributed by atoms with Crippen LogP contribution in [-0.2, 0) is 14.3 Å². The Balaban J connectivity index is 4.04. The first kappa shape index (κ1) is 22.2. The summed E-state index contributed by atoms with van der Waals surface area (Å²) in [5.74, 6) is 0.283. The van der Waals surface area contributed by atoms with Gasteiger partial charge in [0.15, 0.2) is 0 Å². The van der Waals surface area contributed by atoms with E-state index in [0.29, 0.717) is 5.92 Å². The van der Waals surface area contributed by atoms with Gasteiger partial charge in [-0.25, -0.2) is 4.79 Å². The van der Waals surface area contributed by atoms with Gasteiger partial charge >= 0.3 is 5.97 Å². The molecule has 23 heavy (non-hydrogen) atoms. The maximum Gasteiger partial charge on any atom is 0.331 e. The molecule has 0 spiro atoms. The number of methoxy groups -OCH3 is 1. The Kier molecular flexibility index (Phi) is 11.3. The largest absolute Gasteiger partial charge is 0.461 e. The van der Waals surface area contributed by atoms with Crippen LogP contribution in [0.15, 0.2) is 23.8 Å². The molecule has 134 valence electrons. The zero-order chi connectivity index (χ0) is 17.9. The summed E-state index contributed by atoms with van der Waals surface area (Å²) in [7, 11) is 1.76. The molecule has 0 aromatic carbocycles. The van der Waals surface area contributed by atoms with Crippen LogP contribution >= 0.6 is 11.6 Å². The first-order valence-electron chi connectivity index (χ1n) is 8.37. The van der Waals surface area contributed by atoms with Gasteiger partial charge in [-0.2, -0.15) is 0 Å². The Labute approximate surface area is 147 Å². The van der Waals surface area contributed by atoms with Crippen molar-refractivity contribution in [2.75, 3.05) is 13.7 Å². The van der Waals surface area contributed by atoms with E-state index in [1.54, 1.807) is 14.0 Å². The Bertz CT molecular complexity index is 397. The van der Waals surface area contributed by atoms with Crippen LogP contribution in [0.2, 0.25) is 0 Å². The van der Waals surface area contributed by atoms with Crippen LogP contribution in [0.5, 0.6) is 0 Å². The zero-order valence-electron chi connectivity index (χ0n) is 15.5. The normalized spacial score (nSPS) is 15.7. The van der Waals surface area contributed by atoms with E-state index in [2.05, 4.69) is 26.8 Å². The quantitative estimate of drug-likeness (QED) is 0.221. The molecular formula is C19H33ClO3. The number of carbonyl (C=O) groups excluding carboxylic acids is 1. The second-order valence-electron chi connectivity index (χ2n) is 6.90. The van der Waals surface area contributed by atoms with E-state index in [1.165, 1.54) is 12.5 Å². The van der Waals surface area contributed by atoms with Crippen molar-refractivity contribution < 1.29 is 14.3 Å². The molecule has 0 saturated heterocycles. The maximum absolute atomic E-state index is 11.5. The van der Waals surface area contributed by atoms with Crippen molar-refractivity contribution in [3.63, 3.8) is 0 Å². The van der Waals surface area contributed by atoms with Gasteiger partial charge in [0.05, 0.1) is 11.0 Å². The highest BCUT2D eigenvalue weighted by molar-refractivity contribution is 6.20. The molecule has 0 radical (unpaired) electrons. The molecule has 0 heterocycles. The molecule has 0 saturated carbocycles. The van der Waals surface area contributed by atoms with E-state index in [1.807, 2.05) is 13.0 Å². The summed E-state index contributed by atoms with van der Waals surface area (Å²) in [4.78, 5) is 11.5. The smallest absolute Gasteiger partial charge is 0.331 e. The molecule has 2 unspecified atom stereocenters. The van der Waals surface area contributed by atoms with Gasteiger partial charge < -0.3 is 9.47 Å². The monoisotopic (exact) mass is 344 g/mol. The van der Waals surface area contributed by atoms with Gasteiger partial charge in [0.1, 0.15) is 6.61 Å². The SMILES string of the molecule is COC(C)(C)CCCC(C)CC=CC(C)=CC(=O)OCC(C)Cl. The summed E-state index contributed by atoms with van der Waals surface area (Å²) in [6.45, 7) is 10.4. The second-order valence-corrected chi connectivity index (χ2v) is 7.64. The third-order valence-electron chi connectivity index (χ3n) is 3.75. The predicted molar refractivity (Wildman–Crippen MR) is 97.9 cm³/mol. The lowest BCUT2D eigenvalue weighted by atomic mass is 9.95. The van der Waals surface area contributed by atoms with E-state index in [0.717, 1.165) is 24.8 Å². The second kappa shape index (κ2) is 11.7. The molecule has 0 aliphatic rings. The lowest BCUT2D eigenvalue weighted by molar-refractivity contribution is -0.137. The number of halogens is 1. The highest BCUT2D eigenvalue weighted by Gasteiger charge is 2.15. The summed E-state index contributed by atoms with van der Waals surface area (Å²) in [5.41, 5.74) is 0.861. The molecule has 4 heteroatoms. The summed E-state index contributed by atoms with van der Waals surface area (Å²) in [6.07, 6.45) is 10.0. The molecule has 3 nitrogen and oxygen atoms in total. The van der Waals surface area contributed by atoms with Crippen LogP contribution in [0.4, 0.5) is 0 Å². The average molecular weight is 345 g/mol. The molecule has 0 amide bonds. The van der Waals surface area contributed by atoms with E-state index >= 15 is 0 Å². The van der Waals surface area contributed by atoms with Gasteiger partial charge in [-0.05, 0) is 52.0 Å². The van der Waals surface area contributed by atoms with Crippen molar-refractivity contribution in [2.45, 2.75) is 71.3 Å². The molecule has 2 atom stereocenters. The lowest BCUT2D eigenvalue weighted by Gasteiger charge is -2.23. The fraction of sp³-hybridized carbons (Fsp3) is 0.737. The molecule has 0 aliphatic heterocycles. The molecule has 0 aliphatic carbocycles. The Hall–Kier alpha value is -0.800. The number of hydrogen-bond donors (Lipinski definition) is 0. The minimum absolute atomic E-state index is 0.0320. The van der Waals surface area contributed by atoms with Crippen LogP contribution in [0.25, 0.3) is 0 Å². The third kappa shape index (κ3) is 13.3. The van der Waals surface area contributed by atoms with Gasteiger partial charge in [-0.1, -0.05) is 31.9 Å². The van der Waals surface area contributed by atoms with Crippen molar-refractivity contribution >= 4 is 17.6 Å². The minimum atomic E-state index is -0.338. The van der Waals surface area contributed by atoms with E-state index in [-0.39, 0.29) is 23.6 Å². The molecule has 0 N–H and O–H groups in total. The summed E-state index contributed by atoms with van der Waals surface area (Å²) in [5, 5.41) is -0.160. The Morgan fingerprint density at radius 3 is 2.52 bits per heavy atom. The predicted octanol–water partition coefficient (Wildman–Crippen LogP) is 5.28. The van der Waals surface area contributed by atoms with Crippen LogP contribution in [0, 0.1) is 5.92 Å². The van der Waals surface area contributed by atoms with Crippen molar-refractivity contribution in [2.24, 2.45) is 5.92 Å². The summed E-state index contributed by atoms with van der Waals surface area (Å²) in [6, 6.07) is 0. The fourth-order valence-corrected chi connectivity index (χ4v) is 2.12. The highest BCUT2D eigenvalue weighted by Crippen LogP contribution is 2.20. The van der Waals surface area contributed by atoms with Gasteiger partial charge in [-0.15, -0.1) is 11.6 Å². The molecule has 0 aromatic rings. The van der Waals surface area contributed by atoms with Crippen LogP contribution in [0.1, 0.15) is 60.3 Å². The standard InChI is InChI=1S/C19H33ClO3/c1-15(11-8-12-19(4,5)22-6)9-7-10-16(2)13-18(21)23-14-17(3)20/h7,10,13,15,17H,8-9,11-12,14H2,1-6H3. The van der Waals surface area contributed by atoms with Crippen LogP contribution in [-0.4, -0.2) is 30.7 Å². The number of carbonyl (C=O) groups is 1. The van der Waals surface area contributed by atoms with Crippen LogP contribution < -0.4 is 0 Å². The van der Waals surface area contributed by atoms with Crippen molar-refractivity contribution in [1.29, 1.82) is 0 Å². The van der Waals surface area contributed by atoms with Crippen molar-refractivity contribution in [1.82, 2.24) is 0 Å². The highest BCUT2D eigenvalue weighted by atomic mass is 35.5. The number of ether oxygens (including phenoxy) is 2. The van der Waals surface area contributed by atoms with Crippen molar-refractivity contribution in [3.05, 3.63) is 23.8 Å². The first-order chi connectivity index (χ1) is 10.7. The maximum atomic E-state index is 11.5. The number of allylic oxidation sites excluding steroid dienone is 3. The topological polar surface area (TPSA) is 35.5 Å². The Morgan fingerprint density at radius 2 is 1.96 bits per heavy atom. The van der Waals surface area contributed by atoms with Gasteiger partial charge in [0, 0.05) is 13.2 Å². The van der Waals surface area contributed by atoms with Gasteiger partial charge in [-0.3, -0.25) is 0 Å². The van der Waals surface area contributed by atoms with Gasteiger partial charge in [0.25, 0.3) is 0 Å². The minimum Gasteiger partial charge on any atom is -0.461 e. The lowest BCUT2D eigenvalue weighted by Crippen LogP contribution is -2.22. The average Bonchev–Trinajstić information content (AvgIpc) is 2.45. The first-order valence-corrected chi connectivity index (χ1v) is 8.80. The number of hydrogen-bond acceptors (Lipinski definition) is 3. The number of rotatable bonds is 11. The molecule has 0 aromatic heterocycles. The molecular weight excluding hydrogens is 312 g/mol. The molecule has 0 rings (SSSR count).